The molecule has 0 aliphatic heterocycles. The number of amides is 2. The van der Waals surface area contributed by atoms with Crippen molar-refractivity contribution in [2.75, 3.05) is 19.0 Å². The van der Waals surface area contributed by atoms with Gasteiger partial charge in [0.15, 0.2) is 10.2 Å². The number of aromatic nitrogens is 1. The zero-order valence-corrected chi connectivity index (χ0v) is 12.8. The number of urea groups is 1. The van der Waals surface area contributed by atoms with Gasteiger partial charge in [-0.05, 0) is 12.1 Å². The van der Waals surface area contributed by atoms with Crippen molar-refractivity contribution in [1.82, 2.24) is 10.3 Å². The number of anilines is 1. The molecule has 22 heavy (non-hydrogen) atoms. The number of hydrogen-bond acceptors (Lipinski definition) is 5. The van der Waals surface area contributed by atoms with Crippen LogP contribution in [0.15, 0.2) is 40.9 Å². The molecule has 0 aliphatic carbocycles. The Bertz CT molecular complexity index is 748. The van der Waals surface area contributed by atoms with Crippen molar-refractivity contribution in [2.24, 2.45) is 0 Å². The highest BCUT2D eigenvalue weighted by Gasteiger charge is 2.07. The molecule has 3 aromatic rings. The van der Waals surface area contributed by atoms with Crippen LogP contribution in [0.3, 0.4) is 0 Å². The number of nitrogens with zero attached hydrogens (tertiary/aromatic N) is 1. The fraction of sp³-hybridized carbons (Fsp3) is 0.200. The first kappa shape index (κ1) is 14.4. The predicted molar refractivity (Wildman–Crippen MR) is 85.6 cm³/mol. The summed E-state index contributed by atoms with van der Waals surface area (Å²) in [4.78, 5) is 15.8. The normalized spacial score (nSPS) is 10.6. The smallest absolute Gasteiger partial charge is 0.321 e. The number of para-hydroxylation sites is 1. The summed E-state index contributed by atoms with van der Waals surface area (Å²) in [5.41, 5.74) is 0.858. The quantitative estimate of drug-likeness (QED) is 0.757. The minimum atomic E-state index is -0.298. The summed E-state index contributed by atoms with van der Waals surface area (Å²) in [5, 5.41) is 7.64. The second kappa shape index (κ2) is 6.48. The zero-order valence-electron chi connectivity index (χ0n) is 12.0. The van der Waals surface area contributed by atoms with Crippen LogP contribution in [0, 0.1) is 0 Å². The second-order valence-corrected chi connectivity index (χ2v) is 5.56. The molecule has 3 rings (SSSR count). The number of carbonyl (C=O) groups excluding carboxylic acids is 1. The first-order chi connectivity index (χ1) is 10.7. The van der Waals surface area contributed by atoms with Gasteiger partial charge in [-0.3, -0.25) is 5.32 Å². The van der Waals surface area contributed by atoms with E-state index in [9.17, 15) is 4.79 Å². The van der Waals surface area contributed by atoms with Gasteiger partial charge in [0.2, 0.25) is 0 Å². The molecule has 0 aliphatic rings. The summed E-state index contributed by atoms with van der Waals surface area (Å²) in [6.45, 7) is 0.480. The topological polar surface area (TPSA) is 76.4 Å². The molecule has 0 bridgehead atoms. The van der Waals surface area contributed by atoms with Gasteiger partial charge < -0.3 is 14.5 Å². The largest absolute Gasteiger partial charge is 0.486 e. The molecule has 114 valence electrons. The highest BCUT2D eigenvalue weighted by molar-refractivity contribution is 7.17. The highest BCUT2D eigenvalue weighted by Crippen LogP contribution is 2.24. The van der Waals surface area contributed by atoms with Crippen molar-refractivity contribution < 1.29 is 13.9 Å². The number of benzene rings is 1. The van der Waals surface area contributed by atoms with Crippen LogP contribution in [-0.2, 0) is 6.42 Å². The van der Waals surface area contributed by atoms with E-state index >= 15 is 0 Å². The summed E-state index contributed by atoms with van der Waals surface area (Å²) in [7, 11) is 1.56. The van der Waals surface area contributed by atoms with E-state index in [-0.39, 0.29) is 6.03 Å². The maximum atomic E-state index is 11.7. The lowest BCUT2D eigenvalue weighted by Gasteiger charge is -2.03. The summed E-state index contributed by atoms with van der Waals surface area (Å²) in [6.07, 6.45) is 2.19. The summed E-state index contributed by atoms with van der Waals surface area (Å²) >= 11 is 1.27. The lowest BCUT2D eigenvalue weighted by atomic mass is 10.2. The van der Waals surface area contributed by atoms with Gasteiger partial charge in [-0.2, -0.15) is 0 Å². The van der Waals surface area contributed by atoms with Gasteiger partial charge >= 0.3 is 6.03 Å². The molecule has 0 fully saturated rings. The van der Waals surface area contributed by atoms with Crippen molar-refractivity contribution in [3.8, 4) is 5.06 Å². The zero-order chi connectivity index (χ0) is 15.4. The Morgan fingerprint density at radius 3 is 3.05 bits per heavy atom. The fourth-order valence-electron chi connectivity index (χ4n) is 2.01. The van der Waals surface area contributed by atoms with E-state index in [1.807, 2.05) is 30.3 Å². The molecule has 2 N–H and O–H groups in total. The van der Waals surface area contributed by atoms with Gasteiger partial charge in [-0.25, -0.2) is 9.78 Å². The number of hydrogen-bond donors (Lipinski definition) is 2. The number of rotatable bonds is 5. The Kier molecular flexibility index (Phi) is 4.24. The van der Waals surface area contributed by atoms with E-state index in [1.165, 1.54) is 11.3 Å². The van der Waals surface area contributed by atoms with E-state index < -0.39 is 0 Å². The molecule has 0 radical (unpaired) electrons. The van der Waals surface area contributed by atoms with Crippen molar-refractivity contribution in [2.45, 2.75) is 6.42 Å². The third-order valence-corrected chi connectivity index (χ3v) is 3.91. The Labute approximate surface area is 131 Å². The minimum absolute atomic E-state index is 0.298. The van der Waals surface area contributed by atoms with Crippen LogP contribution in [0.2, 0.25) is 0 Å². The van der Waals surface area contributed by atoms with Crippen LogP contribution in [0.25, 0.3) is 11.0 Å². The van der Waals surface area contributed by atoms with Crippen LogP contribution in [0.5, 0.6) is 5.06 Å². The van der Waals surface area contributed by atoms with Crippen molar-refractivity contribution >= 4 is 33.5 Å². The van der Waals surface area contributed by atoms with Crippen molar-refractivity contribution in [3.05, 3.63) is 42.3 Å². The Morgan fingerprint density at radius 2 is 2.27 bits per heavy atom. The van der Waals surface area contributed by atoms with E-state index in [4.69, 9.17) is 9.15 Å². The molecule has 0 saturated heterocycles. The lowest BCUT2D eigenvalue weighted by molar-refractivity contribution is 0.252. The molecule has 6 nitrogen and oxygen atoms in total. The van der Waals surface area contributed by atoms with E-state index in [2.05, 4.69) is 15.6 Å². The van der Waals surface area contributed by atoms with Gasteiger partial charge in [0.05, 0.1) is 13.3 Å². The molecule has 0 saturated carbocycles. The fourth-order valence-corrected chi connectivity index (χ4v) is 2.64. The standard InChI is InChI=1S/C15H15N3O3S/c1-20-13-9-17-15(22-13)18-14(19)16-7-6-11-8-10-4-2-3-5-12(10)21-11/h2-5,8-9H,6-7H2,1H3,(H2,16,17,18,19). The van der Waals surface area contributed by atoms with Crippen LogP contribution in [-0.4, -0.2) is 24.7 Å². The van der Waals surface area contributed by atoms with Crippen LogP contribution >= 0.6 is 11.3 Å². The molecule has 0 unspecified atom stereocenters. The molecule has 2 aromatic heterocycles. The van der Waals surface area contributed by atoms with Gasteiger partial charge in [-0.1, -0.05) is 29.5 Å². The van der Waals surface area contributed by atoms with Crippen LogP contribution in [0.1, 0.15) is 5.76 Å². The second-order valence-electron chi connectivity index (χ2n) is 4.57. The average Bonchev–Trinajstić information content (AvgIpc) is 3.13. The maximum absolute atomic E-state index is 11.7. The van der Waals surface area contributed by atoms with Gasteiger partial charge in [0.1, 0.15) is 11.3 Å². The first-order valence-corrected chi connectivity index (χ1v) is 7.58. The molecule has 0 atom stereocenters. The minimum Gasteiger partial charge on any atom is -0.486 e. The Balaban J connectivity index is 1.48. The molecule has 7 heteroatoms. The molecular formula is C15H15N3O3S. The summed E-state index contributed by atoms with van der Waals surface area (Å²) in [5.74, 6) is 0.845. The number of ether oxygens (including phenoxy) is 1. The summed E-state index contributed by atoms with van der Waals surface area (Å²) < 4.78 is 10.7. The third kappa shape index (κ3) is 3.37. The number of furan rings is 1. The van der Waals surface area contributed by atoms with Gasteiger partial charge in [-0.15, -0.1) is 0 Å². The Morgan fingerprint density at radius 1 is 1.41 bits per heavy atom. The van der Waals surface area contributed by atoms with E-state index in [0.29, 0.717) is 23.2 Å². The van der Waals surface area contributed by atoms with E-state index in [1.54, 1.807) is 13.3 Å². The van der Waals surface area contributed by atoms with Gasteiger partial charge in [0.25, 0.3) is 0 Å². The lowest BCUT2D eigenvalue weighted by Crippen LogP contribution is -2.30. The monoisotopic (exact) mass is 317 g/mol. The third-order valence-electron chi connectivity index (χ3n) is 3.04. The number of fused-ring (bicyclic) bond motifs is 1. The summed E-state index contributed by atoms with van der Waals surface area (Å²) in [6, 6.07) is 9.51. The highest BCUT2D eigenvalue weighted by atomic mass is 32.1. The Hall–Kier alpha value is -2.54. The van der Waals surface area contributed by atoms with Crippen LogP contribution < -0.4 is 15.4 Å². The molecule has 2 amide bonds. The SMILES string of the molecule is COc1cnc(NC(=O)NCCc2cc3ccccc3o2)s1. The van der Waals surface area contributed by atoms with E-state index in [0.717, 1.165) is 16.7 Å². The molecular weight excluding hydrogens is 302 g/mol. The number of methoxy groups -OCH3 is 1. The van der Waals surface area contributed by atoms with Crippen LogP contribution in [0.4, 0.5) is 9.93 Å². The predicted octanol–water partition coefficient (Wildman–Crippen LogP) is 3.26. The molecule has 1 aromatic carbocycles. The number of carbonyl (C=O) groups is 1. The van der Waals surface area contributed by atoms with Crippen molar-refractivity contribution in [1.29, 1.82) is 0 Å². The maximum Gasteiger partial charge on any atom is 0.321 e. The van der Waals surface area contributed by atoms with Crippen molar-refractivity contribution in [3.63, 3.8) is 0 Å². The molecule has 2 heterocycles. The molecule has 0 spiro atoms. The number of nitrogens with one attached hydrogen (secondary N) is 2. The first-order valence-electron chi connectivity index (χ1n) is 6.77. The number of thiazole rings is 1. The van der Waals surface area contributed by atoms with Gasteiger partial charge in [0, 0.05) is 18.4 Å². The average molecular weight is 317 g/mol.